The number of nitrogens with zero attached hydrogens (tertiary/aromatic N) is 3. The van der Waals surface area contributed by atoms with Gasteiger partial charge in [-0.05, 0) is 18.2 Å². The summed E-state index contributed by atoms with van der Waals surface area (Å²) in [7, 11) is 1.77. The van der Waals surface area contributed by atoms with Gasteiger partial charge in [0.1, 0.15) is 0 Å². The van der Waals surface area contributed by atoms with Crippen LogP contribution in [0.4, 0.5) is 5.82 Å². The first-order valence-electron chi connectivity index (χ1n) is 5.32. The summed E-state index contributed by atoms with van der Waals surface area (Å²) in [6.07, 6.45) is 1.65. The quantitative estimate of drug-likeness (QED) is 0.672. The molecule has 0 unspecified atom stereocenters. The summed E-state index contributed by atoms with van der Waals surface area (Å²) in [5.41, 5.74) is 7.51. The van der Waals surface area contributed by atoms with Crippen LogP contribution in [0, 0.1) is 0 Å². The first-order valence-corrected chi connectivity index (χ1v) is 5.32. The van der Waals surface area contributed by atoms with Crippen LogP contribution in [0.3, 0.4) is 0 Å². The second kappa shape index (κ2) is 3.43. The zero-order chi connectivity index (χ0) is 12.9. The van der Waals surface area contributed by atoms with Crippen molar-refractivity contribution in [3.8, 4) is 0 Å². The van der Waals surface area contributed by atoms with Crippen molar-refractivity contribution in [1.82, 2.24) is 14.8 Å². The number of carboxylic acid groups (broad SMARTS) is 1. The lowest BCUT2D eigenvalue weighted by Crippen LogP contribution is -1.97. The van der Waals surface area contributed by atoms with Crippen LogP contribution < -0.4 is 5.73 Å². The number of aryl methyl sites for hydroxylation is 1. The molecule has 1 aromatic carbocycles. The molecule has 3 aromatic rings. The van der Waals surface area contributed by atoms with E-state index in [1.165, 1.54) is 6.07 Å². The largest absolute Gasteiger partial charge is 0.478 e. The van der Waals surface area contributed by atoms with Crippen molar-refractivity contribution < 1.29 is 9.90 Å². The Morgan fingerprint density at radius 1 is 1.39 bits per heavy atom. The van der Waals surface area contributed by atoms with Crippen molar-refractivity contribution in [2.45, 2.75) is 0 Å². The number of fused-ring (bicyclic) bond motifs is 3. The Morgan fingerprint density at radius 2 is 2.17 bits per heavy atom. The molecule has 3 N–H and O–H groups in total. The first-order chi connectivity index (χ1) is 8.58. The van der Waals surface area contributed by atoms with Crippen LogP contribution in [0.1, 0.15) is 10.4 Å². The lowest BCUT2D eigenvalue weighted by atomic mass is 10.1. The normalized spacial score (nSPS) is 11.2. The van der Waals surface area contributed by atoms with Crippen molar-refractivity contribution in [3.05, 3.63) is 30.0 Å². The van der Waals surface area contributed by atoms with Gasteiger partial charge in [0.2, 0.25) is 0 Å². The van der Waals surface area contributed by atoms with Crippen LogP contribution in [0.15, 0.2) is 24.4 Å². The number of rotatable bonds is 1. The highest BCUT2D eigenvalue weighted by atomic mass is 16.4. The van der Waals surface area contributed by atoms with Crippen molar-refractivity contribution in [3.63, 3.8) is 0 Å². The Hall–Kier alpha value is -2.63. The van der Waals surface area contributed by atoms with Gasteiger partial charge in [-0.3, -0.25) is 9.67 Å². The highest BCUT2D eigenvalue weighted by Crippen LogP contribution is 2.27. The van der Waals surface area contributed by atoms with E-state index < -0.39 is 5.97 Å². The van der Waals surface area contributed by atoms with E-state index in [1.54, 1.807) is 30.1 Å². The van der Waals surface area contributed by atoms with E-state index in [-0.39, 0.29) is 5.56 Å². The predicted octanol–water partition coefficient (Wildman–Crippen LogP) is 1.40. The Bertz CT molecular complexity index is 791. The summed E-state index contributed by atoms with van der Waals surface area (Å²) < 4.78 is 1.64. The van der Waals surface area contributed by atoms with Crippen LogP contribution >= 0.6 is 0 Å². The van der Waals surface area contributed by atoms with E-state index >= 15 is 0 Å². The maximum absolute atomic E-state index is 11.0. The van der Waals surface area contributed by atoms with Gasteiger partial charge in [-0.15, -0.1) is 0 Å². The second-order valence-electron chi connectivity index (χ2n) is 4.07. The van der Waals surface area contributed by atoms with Crippen LogP contribution in [-0.2, 0) is 7.05 Å². The molecule has 0 aliphatic heterocycles. The summed E-state index contributed by atoms with van der Waals surface area (Å²) in [6, 6.07) is 4.80. The number of hydrogen-bond acceptors (Lipinski definition) is 4. The van der Waals surface area contributed by atoms with Gasteiger partial charge in [-0.1, -0.05) is 0 Å². The molecule has 2 heterocycles. The third kappa shape index (κ3) is 1.32. The molecule has 6 heteroatoms. The maximum atomic E-state index is 11.0. The highest BCUT2D eigenvalue weighted by Gasteiger charge is 2.12. The monoisotopic (exact) mass is 242 g/mol. The molecule has 6 nitrogen and oxygen atoms in total. The smallest absolute Gasteiger partial charge is 0.335 e. The number of carbonyl (C=O) groups is 1. The molecule has 0 fully saturated rings. The summed E-state index contributed by atoms with van der Waals surface area (Å²) >= 11 is 0. The number of aromatic carboxylic acids is 1. The zero-order valence-electron chi connectivity index (χ0n) is 9.58. The van der Waals surface area contributed by atoms with E-state index in [2.05, 4.69) is 10.1 Å². The lowest BCUT2D eigenvalue weighted by molar-refractivity contribution is 0.0697. The maximum Gasteiger partial charge on any atom is 0.335 e. The van der Waals surface area contributed by atoms with Crippen LogP contribution in [0.2, 0.25) is 0 Å². The molecule has 0 aliphatic carbocycles. The second-order valence-corrected chi connectivity index (χ2v) is 4.07. The fourth-order valence-electron chi connectivity index (χ4n) is 2.11. The van der Waals surface area contributed by atoms with Crippen LogP contribution in [-0.4, -0.2) is 25.8 Å². The zero-order valence-corrected chi connectivity index (χ0v) is 9.58. The highest BCUT2D eigenvalue weighted by molar-refractivity contribution is 6.08. The minimum atomic E-state index is -0.968. The van der Waals surface area contributed by atoms with Gasteiger partial charge in [0, 0.05) is 18.6 Å². The number of nitrogens with two attached hydrogens (primary N) is 1. The number of pyridine rings is 1. The molecule has 0 saturated carbocycles. The van der Waals surface area contributed by atoms with E-state index in [0.717, 1.165) is 21.8 Å². The van der Waals surface area contributed by atoms with Gasteiger partial charge in [-0.25, -0.2) is 4.79 Å². The van der Waals surface area contributed by atoms with Crippen LogP contribution in [0.25, 0.3) is 21.8 Å². The average molecular weight is 242 g/mol. The summed E-state index contributed by atoms with van der Waals surface area (Å²) in [5, 5.41) is 14.6. The summed E-state index contributed by atoms with van der Waals surface area (Å²) in [5.74, 6) is -0.577. The molecule has 0 radical (unpaired) electrons. The van der Waals surface area contributed by atoms with Crippen molar-refractivity contribution in [2.75, 3.05) is 5.73 Å². The number of carboxylic acids is 1. The third-order valence-corrected chi connectivity index (χ3v) is 2.94. The molecule has 18 heavy (non-hydrogen) atoms. The van der Waals surface area contributed by atoms with Crippen molar-refractivity contribution in [1.29, 1.82) is 0 Å². The molecule has 0 atom stereocenters. The molecule has 0 saturated heterocycles. The number of aromatic nitrogens is 3. The molecule has 0 spiro atoms. The third-order valence-electron chi connectivity index (χ3n) is 2.94. The molecular weight excluding hydrogens is 232 g/mol. The number of nitrogen functional groups attached to an aromatic ring is 1. The molecule has 0 amide bonds. The number of hydrogen-bond donors (Lipinski definition) is 2. The van der Waals surface area contributed by atoms with E-state index in [4.69, 9.17) is 10.8 Å². The van der Waals surface area contributed by atoms with Crippen molar-refractivity contribution in [2.24, 2.45) is 7.05 Å². The minimum absolute atomic E-state index is 0.219. The molecule has 3 rings (SSSR count). The Kier molecular flexibility index (Phi) is 2.00. The fourth-order valence-corrected chi connectivity index (χ4v) is 2.11. The van der Waals surface area contributed by atoms with E-state index in [1.807, 2.05) is 0 Å². The van der Waals surface area contributed by atoms with Crippen LogP contribution in [0.5, 0.6) is 0 Å². The average Bonchev–Trinajstić information content (AvgIpc) is 2.64. The van der Waals surface area contributed by atoms with E-state index in [9.17, 15) is 4.79 Å². The Labute approximate surface area is 102 Å². The van der Waals surface area contributed by atoms with Crippen molar-refractivity contribution >= 4 is 33.6 Å². The lowest BCUT2D eigenvalue weighted by Gasteiger charge is -2.02. The van der Waals surface area contributed by atoms with E-state index in [0.29, 0.717) is 5.82 Å². The molecule has 0 aliphatic rings. The topological polar surface area (TPSA) is 94.0 Å². The Balaban J connectivity index is 2.51. The van der Waals surface area contributed by atoms with Gasteiger partial charge in [0.05, 0.1) is 22.0 Å². The van der Waals surface area contributed by atoms with Gasteiger partial charge < -0.3 is 10.8 Å². The fraction of sp³-hybridized carbons (Fsp3) is 0.0833. The van der Waals surface area contributed by atoms with Gasteiger partial charge in [0.15, 0.2) is 5.82 Å². The van der Waals surface area contributed by atoms with Gasteiger partial charge in [-0.2, -0.15) is 5.10 Å². The molecule has 2 aromatic heterocycles. The molecule has 0 bridgehead atoms. The summed E-state index contributed by atoms with van der Waals surface area (Å²) in [4.78, 5) is 15.3. The minimum Gasteiger partial charge on any atom is -0.478 e. The Morgan fingerprint density at radius 3 is 2.89 bits per heavy atom. The molecular formula is C12H10N4O2. The van der Waals surface area contributed by atoms with Gasteiger partial charge in [0.25, 0.3) is 0 Å². The number of benzene rings is 1. The SMILES string of the molecule is Cn1nc(N)c2cnc3ccc(C(=O)O)cc3c21. The molecule has 90 valence electrons. The number of anilines is 1. The summed E-state index contributed by atoms with van der Waals surface area (Å²) in [6.45, 7) is 0. The first kappa shape index (κ1) is 10.5. The standard InChI is InChI=1S/C12H10N4O2/c1-16-10-7-4-6(12(17)18)2-3-9(7)14-5-8(10)11(13)15-16/h2-5H,1H3,(H2,13,15)(H,17,18). The predicted molar refractivity (Wildman–Crippen MR) is 67.4 cm³/mol. The van der Waals surface area contributed by atoms with Gasteiger partial charge >= 0.3 is 5.97 Å².